The van der Waals surface area contributed by atoms with Crippen molar-refractivity contribution in [2.75, 3.05) is 18.4 Å². The quantitative estimate of drug-likeness (QED) is 0.718. The molecular formula is C18H16N6O. The average molecular weight is 332 g/mol. The van der Waals surface area contributed by atoms with Crippen molar-refractivity contribution in [3.63, 3.8) is 0 Å². The Morgan fingerprint density at radius 1 is 1.40 bits per heavy atom. The van der Waals surface area contributed by atoms with E-state index in [0.29, 0.717) is 25.3 Å². The summed E-state index contributed by atoms with van der Waals surface area (Å²) >= 11 is 0. The highest BCUT2D eigenvalue weighted by Crippen LogP contribution is 2.28. The number of aromatic amines is 1. The summed E-state index contributed by atoms with van der Waals surface area (Å²) in [4.78, 5) is 18.2. The molecule has 124 valence electrons. The number of nitriles is 1. The Morgan fingerprint density at radius 2 is 2.32 bits per heavy atom. The van der Waals surface area contributed by atoms with Gasteiger partial charge in [0.25, 0.3) is 0 Å². The van der Waals surface area contributed by atoms with Crippen LogP contribution in [0.4, 0.5) is 5.82 Å². The molecule has 0 saturated carbocycles. The van der Waals surface area contributed by atoms with Crippen LogP contribution in [-0.4, -0.2) is 39.1 Å². The number of aromatic nitrogens is 3. The summed E-state index contributed by atoms with van der Waals surface area (Å²) in [6.07, 6.45) is 6.25. The van der Waals surface area contributed by atoms with E-state index in [2.05, 4.69) is 26.7 Å². The molecule has 2 N–H and O–H groups in total. The lowest BCUT2D eigenvalue weighted by Crippen LogP contribution is -2.25. The molecular weight excluding hydrogens is 316 g/mol. The van der Waals surface area contributed by atoms with Gasteiger partial charge in [-0.1, -0.05) is 12.1 Å². The maximum Gasteiger partial charge on any atom is 0.230 e. The van der Waals surface area contributed by atoms with Crippen LogP contribution in [0.5, 0.6) is 0 Å². The second-order valence-corrected chi connectivity index (χ2v) is 6.09. The third-order valence-corrected chi connectivity index (χ3v) is 4.51. The zero-order valence-electron chi connectivity index (χ0n) is 13.4. The fraction of sp³-hybridized carbons (Fsp3) is 0.222. The number of hydrogen-bond acceptors (Lipinski definition) is 5. The Balaban J connectivity index is 1.57. The molecule has 3 heterocycles. The molecule has 2 aromatic heterocycles. The second kappa shape index (κ2) is 6.24. The lowest BCUT2D eigenvalue weighted by atomic mass is 10.0. The molecule has 1 amide bonds. The van der Waals surface area contributed by atoms with E-state index < -0.39 is 0 Å². The van der Waals surface area contributed by atoms with Crippen molar-refractivity contribution in [1.29, 1.82) is 5.26 Å². The second-order valence-electron chi connectivity index (χ2n) is 6.09. The van der Waals surface area contributed by atoms with Crippen molar-refractivity contribution in [2.24, 2.45) is 5.92 Å². The highest BCUT2D eigenvalue weighted by Gasteiger charge is 2.28. The zero-order chi connectivity index (χ0) is 17.2. The van der Waals surface area contributed by atoms with Gasteiger partial charge >= 0.3 is 0 Å². The molecule has 1 aromatic carbocycles. The molecule has 1 fully saturated rings. The maximum absolute atomic E-state index is 12.4. The summed E-state index contributed by atoms with van der Waals surface area (Å²) in [6.45, 7) is 1.10. The van der Waals surface area contributed by atoms with Crippen molar-refractivity contribution in [1.82, 2.24) is 20.1 Å². The Kier molecular flexibility index (Phi) is 3.78. The monoisotopic (exact) mass is 332 g/mol. The lowest BCUT2D eigenvalue weighted by molar-refractivity contribution is -0.119. The Hall–Kier alpha value is -3.40. The summed E-state index contributed by atoms with van der Waals surface area (Å²) in [5.41, 5.74) is 2.95. The van der Waals surface area contributed by atoms with Crippen molar-refractivity contribution < 1.29 is 4.79 Å². The first-order chi connectivity index (χ1) is 12.2. The number of nitrogens with zero attached hydrogens (tertiary/aromatic N) is 4. The van der Waals surface area contributed by atoms with Gasteiger partial charge in [-0.05, 0) is 35.7 Å². The maximum atomic E-state index is 12.4. The zero-order valence-corrected chi connectivity index (χ0v) is 13.4. The van der Waals surface area contributed by atoms with Gasteiger partial charge in [-0.2, -0.15) is 10.4 Å². The van der Waals surface area contributed by atoms with Crippen LogP contribution in [0.2, 0.25) is 0 Å². The van der Waals surface area contributed by atoms with Gasteiger partial charge in [0.15, 0.2) is 6.19 Å². The predicted molar refractivity (Wildman–Crippen MR) is 93.2 cm³/mol. The van der Waals surface area contributed by atoms with E-state index in [0.717, 1.165) is 22.0 Å². The first kappa shape index (κ1) is 15.1. The minimum absolute atomic E-state index is 0.0936. The van der Waals surface area contributed by atoms with Crippen LogP contribution in [-0.2, 0) is 4.79 Å². The summed E-state index contributed by atoms with van der Waals surface area (Å²) in [5.74, 6) is 0.240. The van der Waals surface area contributed by atoms with E-state index in [4.69, 9.17) is 5.26 Å². The molecule has 7 nitrogen and oxygen atoms in total. The molecule has 0 bridgehead atoms. The van der Waals surface area contributed by atoms with Gasteiger partial charge in [0.1, 0.15) is 5.82 Å². The van der Waals surface area contributed by atoms with Crippen LogP contribution in [0.25, 0.3) is 22.0 Å². The molecule has 7 heteroatoms. The Labute approximate surface area is 144 Å². The fourth-order valence-electron chi connectivity index (χ4n) is 3.18. The van der Waals surface area contributed by atoms with Gasteiger partial charge in [-0.15, -0.1) is 0 Å². The standard InChI is InChI=1S/C18H16N6O/c19-11-24-7-5-13(10-24)18(25)22-17-8-12(4-6-20-17)14-2-1-3-16-15(14)9-21-23-16/h1-4,6,8-9,13H,5,7,10H2,(H,21,23)(H,20,22,25)/t13-/m0/s1. The molecule has 1 aliphatic rings. The van der Waals surface area contributed by atoms with Crippen LogP contribution in [0.3, 0.4) is 0 Å². The minimum Gasteiger partial charge on any atom is -0.310 e. The molecule has 1 atom stereocenters. The van der Waals surface area contributed by atoms with Crippen LogP contribution < -0.4 is 5.32 Å². The molecule has 0 radical (unpaired) electrons. The molecule has 4 rings (SSSR count). The summed E-state index contributed by atoms with van der Waals surface area (Å²) in [6, 6.07) is 9.71. The molecule has 25 heavy (non-hydrogen) atoms. The highest BCUT2D eigenvalue weighted by molar-refractivity contribution is 5.96. The molecule has 1 aliphatic heterocycles. The predicted octanol–water partition coefficient (Wildman–Crippen LogP) is 2.37. The molecule has 3 aromatic rings. The van der Waals surface area contributed by atoms with Crippen LogP contribution in [0.15, 0.2) is 42.7 Å². The van der Waals surface area contributed by atoms with Gasteiger partial charge in [0.2, 0.25) is 5.91 Å². The number of H-pyrrole nitrogens is 1. The lowest BCUT2D eigenvalue weighted by Gasteiger charge is -2.11. The molecule has 0 unspecified atom stereocenters. The van der Waals surface area contributed by atoms with Crippen molar-refractivity contribution in [3.05, 3.63) is 42.7 Å². The third-order valence-electron chi connectivity index (χ3n) is 4.51. The summed E-state index contributed by atoms with van der Waals surface area (Å²) in [5, 5.41) is 19.8. The van der Waals surface area contributed by atoms with Crippen LogP contribution in [0, 0.1) is 17.4 Å². The number of fused-ring (bicyclic) bond motifs is 1. The smallest absolute Gasteiger partial charge is 0.230 e. The number of benzene rings is 1. The topological polar surface area (TPSA) is 97.7 Å². The number of nitrogens with one attached hydrogen (secondary N) is 2. The SMILES string of the molecule is N#CN1CC[C@H](C(=O)Nc2cc(-c3cccc4[nH]ncc34)ccn2)C1. The van der Waals surface area contributed by atoms with Crippen LogP contribution >= 0.6 is 0 Å². The van der Waals surface area contributed by atoms with E-state index in [1.54, 1.807) is 17.3 Å². The van der Waals surface area contributed by atoms with E-state index in [1.165, 1.54) is 0 Å². The van der Waals surface area contributed by atoms with Gasteiger partial charge < -0.3 is 10.2 Å². The molecule has 0 spiro atoms. The number of carbonyl (C=O) groups excluding carboxylic acids is 1. The van der Waals surface area contributed by atoms with E-state index in [1.807, 2.05) is 30.3 Å². The highest BCUT2D eigenvalue weighted by atomic mass is 16.2. The number of amides is 1. The minimum atomic E-state index is -0.178. The summed E-state index contributed by atoms with van der Waals surface area (Å²) in [7, 11) is 0. The van der Waals surface area contributed by atoms with E-state index in [-0.39, 0.29) is 11.8 Å². The van der Waals surface area contributed by atoms with Gasteiger partial charge in [0.05, 0.1) is 17.6 Å². The van der Waals surface area contributed by atoms with Crippen LogP contribution in [0.1, 0.15) is 6.42 Å². The van der Waals surface area contributed by atoms with Crippen molar-refractivity contribution in [3.8, 4) is 17.3 Å². The number of hydrogen-bond donors (Lipinski definition) is 2. The number of carbonyl (C=O) groups is 1. The number of anilines is 1. The Morgan fingerprint density at radius 3 is 3.16 bits per heavy atom. The first-order valence-electron chi connectivity index (χ1n) is 8.08. The van der Waals surface area contributed by atoms with Crippen molar-refractivity contribution >= 4 is 22.6 Å². The summed E-state index contributed by atoms with van der Waals surface area (Å²) < 4.78 is 0. The van der Waals surface area contributed by atoms with Crippen molar-refractivity contribution in [2.45, 2.75) is 6.42 Å². The normalized spacial score (nSPS) is 16.8. The van der Waals surface area contributed by atoms with E-state index >= 15 is 0 Å². The van der Waals surface area contributed by atoms with Gasteiger partial charge in [0, 0.05) is 24.7 Å². The molecule has 0 aliphatic carbocycles. The third kappa shape index (κ3) is 2.90. The average Bonchev–Trinajstić information content (AvgIpc) is 3.30. The Bertz CT molecular complexity index is 973. The number of rotatable bonds is 3. The first-order valence-corrected chi connectivity index (χ1v) is 8.08. The van der Waals surface area contributed by atoms with E-state index in [9.17, 15) is 4.79 Å². The largest absolute Gasteiger partial charge is 0.310 e. The van der Waals surface area contributed by atoms with Gasteiger partial charge in [-0.3, -0.25) is 9.89 Å². The number of pyridine rings is 1. The van der Waals surface area contributed by atoms with Gasteiger partial charge in [-0.25, -0.2) is 4.98 Å². The number of likely N-dealkylation sites (tertiary alicyclic amines) is 1. The molecule has 1 saturated heterocycles. The fourth-order valence-corrected chi connectivity index (χ4v) is 3.18.